The first-order valence-electron chi connectivity index (χ1n) is 8.63. The van der Waals surface area contributed by atoms with Crippen LogP contribution in [-0.2, 0) is 38.9 Å². The van der Waals surface area contributed by atoms with Gasteiger partial charge in [-0.1, -0.05) is 12.1 Å². The third kappa shape index (κ3) is 3.28. The molecule has 2 heterocycles. The molecular weight excluding hydrogens is 368 g/mol. The van der Waals surface area contributed by atoms with Crippen molar-refractivity contribution in [3.63, 3.8) is 0 Å². The van der Waals surface area contributed by atoms with Gasteiger partial charge in [-0.3, -0.25) is 14.3 Å². The van der Waals surface area contributed by atoms with Gasteiger partial charge in [0, 0.05) is 18.7 Å². The summed E-state index contributed by atoms with van der Waals surface area (Å²) in [5.41, 5.74) is 3.46. The number of carbonyl (C=O) groups excluding carboxylic acids is 1. The summed E-state index contributed by atoms with van der Waals surface area (Å²) in [6.07, 6.45) is 1.39. The Bertz CT molecular complexity index is 1060. The lowest BCUT2D eigenvalue weighted by atomic mass is 10.00. The van der Waals surface area contributed by atoms with Gasteiger partial charge in [0.15, 0.2) is 0 Å². The largest absolute Gasteiger partial charge is 0.481 e. The maximum Gasteiger partial charge on any atom is 0.307 e. The Morgan fingerprint density at radius 2 is 1.85 bits per heavy atom. The second-order valence-corrected chi connectivity index (χ2v) is 8.44. The molecule has 7 nitrogen and oxygen atoms in total. The van der Waals surface area contributed by atoms with Crippen LogP contribution in [0.25, 0.3) is 0 Å². The van der Waals surface area contributed by atoms with E-state index < -0.39 is 16.0 Å². The van der Waals surface area contributed by atoms with E-state index >= 15 is 0 Å². The summed E-state index contributed by atoms with van der Waals surface area (Å²) in [6.45, 7) is 0.593. The number of nitrogens with one attached hydrogen (secondary N) is 1. The van der Waals surface area contributed by atoms with Crippen LogP contribution in [0.15, 0.2) is 41.3 Å². The summed E-state index contributed by atoms with van der Waals surface area (Å²) in [6, 6.07) is 9.61. The van der Waals surface area contributed by atoms with Gasteiger partial charge < -0.3 is 10.0 Å². The van der Waals surface area contributed by atoms with Crippen molar-refractivity contribution < 1.29 is 23.1 Å². The first-order chi connectivity index (χ1) is 12.8. The fourth-order valence-electron chi connectivity index (χ4n) is 3.71. The molecule has 0 radical (unpaired) electrons. The van der Waals surface area contributed by atoms with Crippen LogP contribution in [0, 0.1) is 0 Å². The summed E-state index contributed by atoms with van der Waals surface area (Å²) in [5.74, 6) is -0.892. The molecule has 0 spiro atoms. The standard InChI is InChI=1S/C19H18N2O5S/c22-17-5-4-13-10-16(11-14-6-7-21(17)19(13)14)27(25,26)20-15-3-1-2-12(8-15)9-18(23)24/h1-3,8,10-11,20H,4-7,9H2,(H,23,24). The van der Waals surface area contributed by atoms with Crippen LogP contribution < -0.4 is 9.62 Å². The fraction of sp³-hybridized carbons (Fsp3) is 0.263. The van der Waals surface area contributed by atoms with Gasteiger partial charge >= 0.3 is 5.97 Å². The quantitative estimate of drug-likeness (QED) is 0.817. The molecule has 0 atom stereocenters. The highest BCUT2D eigenvalue weighted by Crippen LogP contribution is 2.38. The number of aliphatic carboxylic acids is 1. The molecule has 0 unspecified atom stereocenters. The first-order valence-corrected chi connectivity index (χ1v) is 10.1. The Labute approximate surface area is 156 Å². The Kier molecular flexibility index (Phi) is 4.15. The Morgan fingerprint density at radius 1 is 1.11 bits per heavy atom. The van der Waals surface area contributed by atoms with Gasteiger partial charge in [0.1, 0.15) is 0 Å². The van der Waals surface area contributed by atoms with Crippen LogP contribution in [0.5, 0.6) is 0 Å². The van der Waals surface area contributed by atoms with E-state index in [0.29, 0.717) is 37.1 Å². The van der Waals surface area contributed by atoms with E-state index in [4.69, 9.17) is 5.11 Å². The van der Waals surface area contributed by atoms with E-state index in [1.807, 2.05) is 0 Å². The van der Waals surface area contributed by atoms with E-state index in [9.17, 15) is 18.0 Å². The highest BCUT2D eigenvalue weighted by atomic mass is 32.2. The number of rotatable bonds is 5. The van der Waals surface area contributed by atoms with E-state index in [1.54, 1.807) is 35.2 Å². The van der Waals surface area contributed by atoms with E-state index in [-0.39, 0.29) is 17.2 Å². The van der Waals surface area contributed by atoms with Crippen molar-refractivity contribution in [1.82, 2.24) is 0 Å². The summed E-state index contributed by atoms with van der Waals surface area (Å²) in [4.78, 5) is 24.8. The first kappa shape index (κ1) is 17.5. The number of anilines is 2. The van der Waals surface area contributed by atoms with Crippen molar-refractivity contribution in [1.29, 1.82) is 0 Å². The molecule has 2 aromatic rings. The topological polar surface area (TPSA) is 104 Å². The number of carboxylic acids is 1. The van der Waals surface area contributed by atoms with Gasteiger partial charge in [0.05, 0.1) is 17.0 Å². The molecule has 2 aliphatic heterocycles. The molecule has 4 rings (SSSR count). The summed E-state index contributed by atoms with van der Waals surface area (Å²) in [7, 11) is -3.82. The van der Waals surface area contributed by atoms with Gasteiger partial charge in [0.25, 0.3) is 10.0 Å². The zero-order valence-electron chi connectivity index (χ0n) is 14.4. The predicted molar refractivity (Wildman–Crippen MR) is 99.4 cm³/mol. The molecule has 2 N–H and O–H groups in total. The molecule has 0 bridgehead atoms. The van der Waals surface area contributed by atoms with Crippen molar-refractivity contribution in [2.24, 2.45) is 0 Å². The molecule has 0 aromatic heterocycles. The number of sulfonamides is 1. The molecule has 0 saturated carbocycles. The minimum absolute atomic E-state index is 0.0882. The monoisotopic (exact) mass is 386 g/mol. The number of carboxylic acid groups (broad SMARTS) is 1. The molecule has 1 amide bonds. The van der Waals surface area contributed by atoms with E-state index in [1.165, 1.54) is 6.07 Å². The van der Waals surface area contributed by atoms with Crippen molar-refractivity contribution in [3.05, 3.63) is 53.1 Å². The third-order valence-electron chi connectivity index (χ3n) is 4.87. The molecule has 8 heteroatoms. The van der Waals surface area contributed by atoms with Crippen LogP contribution in [-0.4, -0.2) is 31.9 Å². The second-order valence-electron chi connectivity index (χ2n) is 6.76. The fourth-order valence-corrected chi connectivity index (χ4v) is 4.86. The number of amides is 1. The molecule has 0 fully saturated rings. The molecular formula is C19H18N2O5S. The number of aryl methyl sites for hydroxylation is 1. The van der Waals surface area contributed by atoms with Gasteiger partial charge in [0.2, 0.25) is 5.91 Å². The van der Waals surface area contributed by atoms with Crippen molar-refractivity contribution >= 4 is 33.3 Å². The molecule has 2 aromatic carbocycles. The highest BCUT2D eigenvalue weighted by molar-refractivity contribution is 7.92. The van der Waals surface area contributed by atoms with Gasteiger partial charge in [-0.2, -0.15) is 0 Å². The van der Waals surface area contributed by atoms with Gasteiger partial charge in [-0.25, -0.2) is 8.42 Å². The average molecular weight is 386 g/mol. The van der Waals surface area contributed by atoms with E-state index in [0.717, 1.165) is 16.8 Å². The van der Waals surface area contributed by atoms with Crippen LogP contribution in [0.1, 0.15) is 23.1 Å². The Hall–Kier alpha value is -2.87. The SMILES string of the molecule is O=C(O)Cc1cccc(NS(=O)(=O)c2cc3c4c(c2)CCN4C(=O)CC3)c1. The number of nitrogens with zero attached hydrogens (tertiary/aromatic N) is 1. The molecule has 27 heavy (non-hydrogen) atoms. The Morgan fingerprint density at radius 3 is 2.59 bits per heavy atom. The van der Waals surface area contributed by atoms with E-state index in [2.05, 4.69) is 4.72 Å². The molecule has 0 saturated heterocycles. The number of carbonyl (C=O) groups is 2. The highest BCUT2D eigenvalue weighted by Gasteiger charge is 2.32. The summed E-state index contributed by atoms with van der Waals surface area (Å²) in [5, 5.41) is 8.89. The number of hydrogen-bond acceptors (Lipinski definition) is 4. The summed E-state index contributed by atoms with van der Waals surface area (Å²) < 4.78 is 28.2. The minimum Gasteiger partial charge on any atom is -0.481 e. The average Bonchev–Trinajstić information content (AvgIpc) is 3.03. The van der Waals surface area contributed by atoms with Gasteiger partial charge in [-0.15, -0.1) is 0 Å². The second kappa shape index (κ2) is 6.38. The zero-order chi connectivity index (χ0) is 19.2. The lowest BCUT2D eigenvalue weighted by Gasteiger charge is -2.25. The van der Waals surface area contributed by atoms with Crippen molar-refractivity contribution in [2.75, 3.05) is 16.2 Å². The molecule has 0 aliphatic carbocycles. The molecule has 140 valence electrons. The Balaban J connectivity index is 1.66. The van der Waals surface area contributed by atoms with Gasteiger partial charge in [-0.05, 0) is 53.8 Å². The summed E-state index contributed by atoms with van der Waals surface area (Å²) >= 11 is 0. The lowest BCUT2D eigenvalue weighted by molar-refractivity contribution is -0.136. The van der Waals surface area contributed by atoms with Crippen molar-refractivity contribution in [2.45, 2.75) is 30.6 Å². The minimum atomic E-state index is -3.82. The zero-order valence-corrected chi connectivity index (χ0v) is 15.3. The normalized spacial score (nSPS) is 15.6. The lowest BCUT2D eigenvalue weighted by Crippen LogP contribution is -2.33. The van der Waals surface area contributed by atoms with Crippen LogP contribution in [0.3, 0.4) is 0 Å². The van der Waals surface area contributed by atoms with Crippen LogP contribution in [0.2, 0.25) is 0 Å². The number of hydrogen-bond donors (Lipinski definition) is 2. The smallest absolute Gasteiger partial charge is 0.307 e. The maximum absolute atomic E-state index is 12.9. The van der Waals surface area contributed by atoms with Crippen molar-refractivity contribution in [3.8, 4) is 0 Å². The predicted octanol–water partition coefficient (Wildman–Crippen LogP) is 1.95. The maximum atomic E-state index is 12.9. The van der Waals surface area contributed by atoms with Crippen LogP contribution in [0.4, 0.5) is 11.4 Å². The molecule has 2 aliphatic rings. The third-order valence-corrected chi connectivity index (χ3v) is 6.23. The van der Waals surface area contributed by atoms with Crippen LogP contribution >= 0.6 is 0 Å². The number of benzene rings is 2.